The lowest BCUT2D eigenvalue weighted by atomic mass is 10.2. The molecule has 1 aromatic heterocycles. The molecule has 0 unspecified atom stereocenters. The van der Waals surface area contributed by atoms with Crippen molar-refractivity contribution in [3.05, 3.63) is 40.9 Å². The molecule has 0 spiro atoms. The summed E-state index contributed by atoms with van der Waals surface area (Å²) >= 11 is 7.48. The smallest absolute Gasteiger partial charge is 0.257 e. The number of carbonyl (C=O) groups is 1. The Balaban J connectivity index is 1.64. The van der Waals surface area contributed by atoms with Crippen molar-refractivity contribution in [3.8, 4) is 17.2 Å². The van der Waals surface area contributed by atoms with Crippen molar-refractivity contribution in [3.63, 3.8) is 0 Å². The summed E-state index contributed by atoms with van der Waals surface area (Å²) in [4.78, 5) is 16.8. The minimum atomic E-state index is -0.289. The van der Waals surface area contributed by atoms with E-state index in [1.807, 2.05) is 0 Å². The number of nitrogens with one attached hydrogen (secondary N) is 1. The van der Waals surface area contributed by atoms with E-state index >= 15 is 0 Å². The third-order valence-electron chi connectivity index (χ3n) is 3.53. The number of fused-ring (bicyclic) bond motifs is 2. The number of hydrogen-bond donors (Lipinski definition) is 1. The number of amides is 1. The van der Waals surface area contributed by atoms with Crippen molar-refractivity contribution in [2.24, 2.45) is 0 Å². The standard InChI is InChI=1S/C16H11ClN2O4S/c1-21-11-5-3-9(17)14-13(11)18-16(24-14)19-15(20)8-2-4-10-12(6-8)23-7-22-10/h2-6H,7H2,1H3,(H,18,19,20). The summed E-state index contributed by atoms with van der Waals surface area (Å²) in [5, 5.41) is 3.78. The van der Waals surface area contributed by atoms with E-state index in [2.05, 4.69) is 10.3 Å². The zero-order chi connectivity index (χ0) is 16.7. The van der Waals surface area contributed by atoms with E-state index < -0.39 is 0 Å². The molecule has 0 aliphatic carbocycles. The summed E-state index contributed by atoms with van der Waals surface area (Å²) in [6, 6.07) is 8.50. The summed E-state index contributed by atoms with van der Waals surface area (Å²) in [5.74, 6) is 1.50. The van der Waals surface area contributed by atoms with Crippen molar-refractivity contribution in [2.45, 2.75) is 0 Å². The van der Waals surface area contributed by atoms with Crippen LogP contribution in [0.15, 0.2) is 30.3 Å². The van der Waals surface area contributed by atoms with Gasteiger partial charge in [0.15, 0.2) is 16.6 Å². The molecule has 1 N–H and O–H groups in total. The molecule has 0 radical (unpaired) electrons. The fourth-order valence-electron chi connectivity index (χ4n) is 2.38. The highest BCUT2D eigenvalue weighted by Crippen LogP contribution is 2.38. The molecule has 2 heterocycles. The van der Waals surface area contributed by atoms with Gasteiger partial charge in [-0.1, -0.05) is 22.9 Å². The Labute approximate surface area is 145 Å². The van der Waals surface area contributed by atoms with Crippen LogP contribution < -0.4 is 19.5 Å². The molecule has 1 aliphatic heterocycles. The first-order chi connectivity index (χ1) is 11.7. The lowest BCUT2D eigenvalue weighted by Crippen LogP contribution is -2.11. The largest absolute Gasteiger partial charge is 0.494 e. The van der Waals surface area contributed by atoms with Gasteiger partial charge in [-0.2, -0.15) is 0 Å². The lowest BCUT2D eigenvalue weighted by molar-refractivity contribution is 0.102. The van der Waals surface area contributed by atoms with E-state index in [0.29, 0.717) is 38.5 Å². The average Bonchev–Trinajstić information content (AvgIpc) is 3.21. The number of hydrogen-bond acceptors (Lipinski definition) is 6. The van der Waals surface area contributed by atoms with Crippen LogP contribution in [-0.4, -0.2) is 24.8 Å². The van der Waals surface area contributed by atoms with Crippen LogP contribution in [0.5, 0.6) is 17.2 Å². The van der Waals surface area contributed by atoms with Crippen molar-refractivity contribution in [1.29, 1.82) is 0 Å². The molecule has 8 heteroatoms. The van der Waals surface area contributed by atoms with E-state index in [4.69, 9.17) is 25.8 Å². The van der Waals surface area contributed by atoms with Crippen molar-refractivity contribution >= 4 is 44.2 Å². The average molecular weight is 363 g/mol. The monoisotopic (exact) mass is 362 g/mol. The summed E-state index contributed by atoms with van der Waals surface area (Å²) in [5.41, 5.74) is 1.08. The first-order valence-corrected chi connectivity index (χ1v) is 8.19. The zero-order valence-electron chi connectivity index (χ0n) is 12.5. The molecule has 1 amide bonds. The molecule has 0 saturated heterocycles. The van der Waals surface area contributed by atoms with E-state index in [-0.39, 0.29) is 12.7 Å². The van der Waals surface area contributed by atoms with E-state index in [0.717, 1.165) is 4.70 Å². The minimum absolute atomic E-state index is 0.163. The second-order valence-electron chi connectivity index (χ2n) is 4.97. The molecule has 0 fully saturated rings. The Morgan fingerprint density at radius 1 is 1.29 bits per heavy atom. The highest BCUT2D eigenvalue weighted by Gasteiger charge is 2.18. The van der Waals surface area contributed by atoms with Crippen molar-refractivity contribution in [2.75, 3.05) is 19.2 Å². The Hall–Kier alpha value is -2.51. The van der Waals surface area contributed by atoms with Gasteiger partial charge in [-0.25, -0.2) is 4.98 Å². The van der Waals surface area contributed by atoms with Crippen LogP contribution in [0.3, 0.4) is 0 Å². The maximum atomic E-state index is 12.4. The van der Waals surface area contributed by atoms with Gasteiger partial charge in [0.05, 0.1) is 16.8 Å². The molecule has 1 aliphatic rings. The SMILES string of the molecule is COc1ccc(Cl)c2sc(NC(=O)c3ccc4c(c3)OCO4)nc12. The van der Waals surface area contributed by atoms with E-state index in [1.165, 1.54) is 11.3 Å². The first kappa shape index (κ1) is 15.0. The Kier molecular flexibility index (Phi) is 3.66. The molecule has 0 atom stereocenters. The molecule has 0 bridgehead atoms. The van der Waals surface area contributed by atoms with Gasteiger partial charge in [0.25, 0.3) is 5.91 Å². The number of rotatable bonds is 3. The number of aromatic nitrogens is 1. The maximum absolute atomic E-state index is 12.4. The Morgan fingerprint density at radius 2 is 2.12 bits per heavy atom. The molecule has 0 saturated carbocycles. The molecule has 4 rings (SSSR count). The highest BCUT2D eigenvalue weighted by molar-refractivity contribution is 7.23. The number of ether oxygens (including phenoxy) is 3. The summed E-state index contributed by atoms with van der Waals surface area (Å²) in [6.45, 7) is 0.163. The minimum Gasteiger partial charge on any atom is -0.494 e. The van der Waals surface area contributed by atoms with E-state index in [1.54, 1.807) is 37.4 Å². The molecular weight excluding hydrogens is 352 g/mol. The van der Waals surface area contributed by atoms with E-state index in [9.17, 15) is 4.79 Å². The van der Waals surface area contributed by atoms with Crippen LogP contribution >= 0.6 is 22.9 Å². The zero-order valence-corrected chi connectivity index (χ0v) is 14.0. The van der Waals surface area contributed by atoms with Gasteiger partial charge < -0.3 is 14.2 Å². The number of benzene rings is 2. The molecular formula is C16H11ClN2O4S. The van der Waals surface area contributed by atoms with Gasteiger partial charge in [-0.05, 0) is 30.3 Å². The fourth-order valence-corrected chi connectivity index (χ4v) is 3.53. The predicted molar refractivity (Wildman–Crippen MR) is 91.7 cm³/mol. The number of thiazole rings is 1. The van der Waals surface area contributed by atoms with Crippen molar-refractivity contribution < 1.29 is 19.0 Å². The quantitative estimate of drug-likeness (QED) is 0.764. The predicted octanol–water partition coefficient (Wildman–Crippen LogP) is 3.94. The second-order valence-corrected chi connectivity index (χ2v) is 6.37. The fraction of sp³-hybridized carbons (Fsp3) is 0.125. The van der Waals surface area contributed by atoms with Crippen LogP contribution in [0.25, 0.3) is 10.2 Å². The first-order valence-electron chi connectivity index (χ1n) is 7.00. The van der Waals surface area contributed by atoms with Crippen LogP contribution in [0.4, 0.5) is 5.13 Å². The molecule has 2 aromatic carbocycles. The summed E-state index contributed by atoms with van der Waals surface area (Å²) in [7, 11) is 1.56. The Bertz CT molecular complexity index is 957. The van der Waals surface area contributed by atoms with Crippen LogP contribution in [0.2, 0.25) is 5.02 Å². The number of nitrogens with zero attached hydrogens (tertiary/aromatic N) is 1. The van der Waals surface area contributed by atoms with Gasteiger partial charge >= 0.3 is 0 Å². The maximum Gasteiger partial charge on any atom is 0.257 e. The van der Waals surface area contributed by atoms with Crippen LogP contribution in [-0.2, 0) is 0 Å². The van der Waals surface area contributed by atoms with Gasteiger partial charge in [-0.3, -0.25) is 10.1 Å². The van der Waals surface area contributed by atoms with Gasteiger partial charge in [0, 0.05) is 5.56 Å². The molecule has 24 heavy (non-hydrogen) atoms. The lowest BCUT2D eigenvalue weighted by Gasteiger charge is -2.03. The number of halogens is 1. The van der Waals surface area contributed by atoms with Gasteiger partial charge in [0.2, 0.25) is 6.79 Å². The molecule has 3 aromatic rings. The van der Waals surface area contributed by atoms with Crippen LogP contribution in [0.1, 0.15) is 10.4 Å². The third-order valence-corrected chi connectivity index (χ3v) is 4.96. The van der Waals surface area contributed by atoms with Crippen LogP contribution in [0, 0.1) is 0 Å². The number of anilines is 1. The molecule has 6 nitrogen and oxygen atoms in total. The number of methoxy groups -OCH3 is 1. The summed E-state index contributed by atoms with van der Waals surface area (Å²) in [6.07, 6.45) is 0. The highest BCUT2D eigenvalue weighted by atomic mass is 35.5. The summed E-state index contributed by atoms with van der Waals surface area (Å²) < 4.78 is 16.6. The van der Waals surface area contributed by atoms with Gasteiger partial charge in [0.1, 0.15) is 11.3 Å². The number of carbonyl (C=O) groups excluding carboxylic acids is 1. The third kappa shape index (κ3) is 2.51. The van der Waals surface area contributed by atoms with Crippen molar-refractivity contribution in [1.82, 2.24) is 4.98 Å². The van der Waals surface area contributed by atoms with Gasteiger partial charge in [-0.15, -0.1) is 0 Å². The second kappa shape index (κ2) is 5.85. The Morgan fingerprint density at radius 3 is 2.96 bits per heavy atom. The topological polar surface area (TPSA) is 69.7 Å². The molecule has 122 valence electrons. The normalized spacial score (nSPS) is 12.4.